The molecule has 3 heteroatoms. The second-order valence-electron chi connectivity index (χ2n) is 4.18. The highest BCUT2D eigenvalue weighted by Gasteiger charge is 2.04. The van der Waals surface area contributed by atoms with Crippen molar-refractivity contribution in [1.29, 1.82) is 0 Å². The number of hydrogen-bond acceptors (Lipinski definition) is 2. The van der Waals surface area contributed by atoms with Crippen molar-refractivity contribution >= 4 is 21.9 Å². The van der Waals surface area contributed by atoms with Gasteiger partial charge in [-0.3, -0.25) is 0 Å². The predicted molar refractivity (Wildman–Crippen MR) is 77.6 cm³/mol. The molecular weight excluding hydrogens is 292 g/mol. The molecule has 0 fully saturated rings. The third kappa shape index (κ3) is 5.50. The zero-order valence-corrected chi connectivity index (χ0v) is 12.4. The lowest BCUT2D eigenvalue weighted by Gasteiger charge is -2.10. The van der Waals surface area contributed by atoms with E-state index in [0.717, 1.165) is 17.3 Å². The summed E-state index contributed by atoms with van der Waals surface area (Å²) in [6, 6.07) is 8.37. The van der Waals surface area contributed by atoms with Crippen molar-refractivity contribution in [3.63, 3.8) is 0 Å². The Labute approximate surface area is 117 Å². The van der Waals surface area contributed by atoms with Crippen molar-refractivity contribution in [2.24, 2.45) is 0 Å². The summed E-state index contributed by atoms with van der Waals surface area (Å²) in [5.74, 6) is 0.235. The van der Waals surface area contributed by atoms with E-state index in [0.29, 0.717) is 12.5 Å². The first-order valence-corrected chi connectivity index (χ1v) is 7.01. The second kappa shape index (κ2) is 8.09. The van der Waals surface area contributed by atoms with E-state index in [2.05, 4.69) is 47.1 Å². The number of carbonyl (C=O) groups excluding carboxylic acids is 1. The van der Waals surface area contributed by atoms with Crippen molar-refractivity contribution in [3.8, 4) is 0 Å². The lowest BCUT2D eigenvalue weighted by Crippen LogP contribution is -1.99. The quantitative estimate of drug-likeness (QED) is 0.573. The summed E-state index contributed by atoms with van der Waals surface area (Å²) in [7, 11) is 0. The number of halogens is 1. The summed E-state index contributed by atoms with van der Waals surface area (Å²) in [5.41, 5.74) is 1.32. The Morgan fingerprint density at radius 3 is 2.67 bits per heavy atom. The maximum Gasteiger partial charge on any atom is 0.330 e. The summed E-state index contributed by atoms with van der Waals surface area (Å²) in [6.45, 7) is 4.43. The summed E-state index contributed by atoms with van der Waals surface area (Å²) >= 11 is 3.43. The van der Waals surface area contributed by atoms with Crippen LogP contribution in [0.1, 0.15) is 38.2 Å². The molecule has 0 unspecified atom stereocenters. The lowest BCUT2D eigenvalue weighted by atomic mass is 9.96. The molecule has 0 aromatic heterocycles. The zero-order valence-electron chi connectivity index (χ0n) is 10.9. The van der Waals surface area contributed by atoms with E-state index in [-0.39, 0.29) is 5.97 Å². The minimum absolute atomic E-state index is 0.256. The normalized spacial score (nSPS) is 12.6. The van der Waals surface area contributed by atoms with Crippen LogP contribution in [0.5, 0.6) is 0 Å². The third-order valence-electron chi connectivity index (χ3n) is 2.75. The van der Waals surface area contributed by atoms with Gasteiger partial charge < -0.3 is 4.74 Å². The van der Waals surface area contributed by atoms with Crippen LogP contribution in [0.25, 0.3) is 0 Å². The first-order valence-electron chi connectivity index (χ1n) is 6.22. The number of esters is 1. The van der Waals surface area contributed by atoms with Crippen LogP contribution >= 0.6 is 15.9 Å². The number of carbonyl (C=O) groups is 1. The minimum atomic E-state index is -0.256. The molecule has 0 saturated carbocycles. The summed E-state index contributed by atoms with van der Waals surface area (Å²) in [4.78, 5) is 11.1. The van der Waals surface area contributed by atoms with Gasteiger partial charge in [-0.15, -0.1) is 0 Å². The van der Waals surface area contributed by atoms with Crippen LogP contribution < -0.4 is 0 Å². The molecule has 0 aliphatic carbocycles. The number of benzene rings is 1. The van der Waals surface area contributed by atoms with Gasteiger partial charge in [-0.25, -0.2) is 4.79 Å². The van der Waals surface area contributed by atoms with Gasteiger partial charge in [0.05, 0.1) is 6.61 Å². The van der Waals surface area contributed by atoms with Crippen LogP contribution in [0.4, 0.5) is 0 Å². The molecule has 18 heavy (non-hydrogen) atoms. The molecule has 2 nitrogen and oxygen atoms in total. The fraction of sp³-hybridized carbons (Fsp3) is 0.400. The van der Waals surface area contributed by atoms with Gasteiger partial charge in [0.15, 0.2) is 0 Å². The molecule has 0 spiro atoms. The molecule has 0 aliphatic heterocycles. The van der Waals surface area contributed by atoms with Crippen LogP contribution in [0.2, 0.25) is 0 Å². The molecule has 0 heterocycles. The van der Waals surface area contributed by atoms with Crippen LogP contribution in [-0.2, 0) is 9.53 Å². The van der Waals surface area contributed by atoms with Crippen molar-refractivity contribution in [2.45, 2.75) is 32.6 Å². The third-order valence-corrected chi connectivity index (χ3v) is 3.27. The lowest BCUT2D eigenvalue weighted by molar-refractivity contribution is -0.137. The van der Waals surface area contributed by atoms with Crippen LogP contribution in [0.15, 0.2) is 40.9 Å². The molecule has 98 valence electrons. The molecule has 0 N–H and O–H groups in total. The molecule has 0 aliphatic rings. The molecule has 1 rings (SSSR count). The Morgan fingerprint density at radius 1 is 1.39 bits per heavy atom. The zero-order chi connectivity index (χ0) is 13.4. The van der Waals surface area contributed by atoms with Crippen molar-refractivity contribution in [3.05, 3.63) is 46.5 Å². The van der Waals surface area contributed by atoms with Gasteiger partial charge in [-0.1, -0.05) is 41.1 Å². The Bertz CT molecular complexity index is 395. The Kier molecular flexibility index (Phi) is 6.73. The largest absolute Gasteiger partial charge is 0.463 e. The summed E-state index contributed by atoms with van der Waals surface area (Å²) < 4.78 is 5.91. The van der Waals surface area contributed by atoms with Gasteiger partial charge in [0.2, 0.25) is 0 Å². The van der Waals surface area contributed by atoms with Gasteiger partial charge in [-0.2, -0.15) is 0 Å². The van der Waals surface area contributed by atoms with E-state index in [1.165, 1.54) is 11.6 Å². The number of ether oxygens (including phenoxy) is 1. The first-order chi connectivity index (χ1) is 8.63. The maximum absolute atomic E-state index is 11.1. The highest BCUT2D eigenvalue weighted by Crippen LogP contribution is 2.22. The topological polar surface area (TPSA) is 26.3 Å². The fourth-order valence-corrected chi connectivity index (χ4v) is 1.94. The molecule has 0 saturated heterocycles. The second-order valence-corrected chi connectivity index (χ2v) is 5.10. The van der Waals surface area contributed by atoms with Gasteiger partial charge >= 0.3 is 5.97 Å². The Balaban J connectivity index is 2.35. The number of rotatable bonds is 6. The van der Waals surface area contributed by atoms with Crippen molar-refractivity contribution in [1.82, 2.24) is 0 Å². The van der Waals surface area contributed by atoms with Gasteiger partial charge in [0, 0.05) is 10.5 Å². The number of hydrogen-bond donors (Lipinski definition) is 0. The van der Waals surface area contributed by atoms with Gasteiger partial charge in [0.1, 0.15) is 0 Å². The SMILES string of the molecule is CCOC(=O)/C=C/CC[C@@H](C)c1ccc(Br)cc1. The predicted octanol–water partition coefficient (Wildman–Crippen LogP) is 4.45. The van der Waals surface area contributed by atoms with E-state index in [1.807, 2.05) is 6.08 Å². The summed E-state index contributed by atoms with van der Waals surface area (Å²) in [5, 5.41) is 0. The van der Waals surface area contributed by atoms with Crippen LogP contribution in [0.3, 0.4) is 0 Å². The molecule has 0 radical (unpaired) electrons. The Hall–Kier alpha value is -1.09. The standard InChI is InChI=1S/C15H19BrO2/c1-3-18-15(17)7-5-4-6-12(2)13-8-10-14(16)11-9-13/h5,7-12H,3-4,6H2,1-2H3/b7-5+/t12-/m1/s1. The molecule has 1 aromatic rings. The first kappa shape index (κ1) is 15.0. The van der Waals surface area contributed by atoms with Gasteiger partial charge in [0.25, 0.3) is 0 Å². The molecular formula is C15H19BrO2. The van der Waals surface area contributed by atoms with Crippen LogP contribution in [-0.4, -0.2) is 12.6 Å². The van der Waals surface area contributed by atoms with E-state index in [9.17, 15) is 4.79 Å². The van der Waals surface area contributed by atoms with Crippen molar-refractivity contribution in [2.75, 3.05) is 6.61 Å². The van der Waals surface area contributed by atoms with E-state index in [4.69, 9.17) is 4.74 Å². The van der Waals surface area contributed by atoms with Gasteiger partial charge in [-0.05, 0) is 43.4 Å². The van der Waals surface area contributed by atoms with E-state index < -0.39 is 0 Å². The van der Waals surface area contributed by atoms with E-state index in [1.54, 1.807) is 6.92 Å². The average molecular weight is 311 g/mol. The van der Waals surface area contributed by atoms with E-state index >= 15 is 0 Å². The molecule has 1 aromatic carbocycles. The molecule has 1 atom stereocenters. The van der Waals surface area contributed by atoms with Crippen molar-refractivity contribution < 1.29 is 9.53 Å². The maximum atomic E-state index is 11.1. The highest BCUT2D eigenvalue weighted by molar-refractivity contribution is 9.10. The Morgan fingerprint density at radius 2 is 2.06 bits per heavy atom. The monoisotopic (exact) mass is 310 g/mol. The fourth-order valence-electron chi connectivity index (χ4n) is 1.67. The molecule has 0 bridgehead atoms. The highest BCUT2D eigenvalue weighted by atomic mass is 79.9. The van der Waals surface area contributed by atoms with Crippen LogP contribution in [0, 0.1) is 0 Å². The summed E-state index contributed by atoms with van der Waals surface area (Å²) in [6.07, 6.45) is 5.30. The molecule has 0 amide bonds. The smallest absolute Gasteiger partial charge is 0.330 e. The average Bonchev–Trinajstić information content (AvgIpc) is 2.35. The minimum Gasteiger partial charge on any atom is -0.463 e. The number of allylic oxidation sites excluding steroid dienone is 1.